The topological polar surface area (TPSA) is 45.6 Å². The lowest BCUT2D eigenvalue weighted by molar-refractivity contribution is -0.0472. The first-order valence-corrected chi connectivity index (χ1v) is 10.8. The van der Waals surface area contributed by atoms with Crippen LogP contribution in [0.5, 0.6) is 5.75 Å². The van der Waals surface area contributed by atoms with E-state index < -0.39 is 6.10 Å². The van der Waals surface area contributed by atoms with E-state index in [2.05, 4.69) is 11.5 Å². The molecule has 4 heterocycles. The third-order valence-corrected chi connectivity index (χ3v) is 7.03. The molecule has 1 N–H and O–H groups in total. The van der Waals surface area contributed by atoms with Crippen LogP contribution in [0.4, 0.5) is 4.39 Å². The van der Waals surface area contributed by atoms with Gasteiger partial charge in [0.15, 0.2) is 0 Å². The summed E-state index contributed by atoms with van der Waals surface area (Å²) in [5.41, 5.74) is 3.20. The quantitative estimate of drug-likeness (QED) is 0.603. The minimum Gasteiger partial charge on any atom is -0.497 e. The van der Waals surface area contributed by atoms with E-state index >= 15 is 0 Å². The van der Waals surface area contributed by atoms with E-state index in [0.29, 0.717) is 11.8 Å². The molecule has 0 radical (unpaired) electrons. The standard InChI is InChI=1S/C26H27FN2O2/c1-3-16-14-29-11-10-20(16)23(15-29)26(30)22-13-25(17-4-6-18(27)7-5-17)28-24-9-8-19(31-2)12-21(22)24/h3-9,12-13,16,20,23,26,30H,1,10-11,14-15H2,2H3/t16-,20+,23+,26-/m0/s1. The first kappa shape index (κ1) is 20.2. The molecule has 4 nitrogen and oxygen atoms in total. The first-order chi connectivity index (χ1) is 15.1. The lowest BCUT2D eigenvalue weighted by Crippen LogP contribution is -2.53. The second kappa shape index (κ2) is 8.06. The fourth-order valence-electron chi connectivity index (χ4n) is 5.39. The smallest absolute Gasteiger partial charge is 0.123 e. The minimum atomic E-state index is -0.632. The maximum absolute atomic E-state index is 13.5. The highest BCUT2D eigenvalue weighted by atomic mass is 19.1. The van der Waals surface area contributed by atoms with Gasteiger partial charge in [0.25, 0.3) is 0 Å². The fraction of sp³-hybridized carbons (Fsp3) is 0.346. The zero-order valence-corrected chi connectivity index (χ0v) is 17.7. The van der Waals surface area contributed by atoms with Crippen molar-refractivity contribution < 1.29 is 14.2 Å². The Morgan fingerprint density at radius 2 is 2.00 bits per heavy atom. The Labute approximate surface area is 182 Å². The van der Waals surface area contributed by atoms with Crippen molar-refractivity contribution in [1.82, 2.24) is 9.88 Å². The summed E-state index contributed by atoms with van der Waals surface area (Å²) in [6, 6.07) is 14.0. The molecule has 0 amide bonds. The van der Waals surface area contributed by atoms with Gasteiger partial charge in [-0.05, 0) is 78.9 Å². The molecule has 31 heavy (non-hydrogen) atoms. The second-order valence-electron chi connectivity index (χ2n) is 8.71. The van der Waals surface area contributed by atoms with Crippen molar-refractivity contribution in [1.29, 1.82) is 0 Å². The molecule has 3 saturated heterocycles. The van der Waals surface area contributed by atoms with Gasteiger partial charge in [-0.1, -0.05) is 6.08 Å². The summed E-state index contributed by atoms with van der Waals surface area (Å²) in [5.74, 6) is 1.40. The van der Waals surface area contributed by atoms with Crippen molar-refractivity contribution in [2.45, 2.75) is 12.5 Å². The predicted molar refractivity (Wildman–Crippen MR) is 120 cm³/mol. The Morgan fingerprint density at radius 1 is 1.19 bits per heavy atom. The molecule has 1 unspecified atom stereocenters. The zero-order chi connectivity index (χ0) is 21.5. The Balaban J connectivity index is 1.63. The van der Waals surface area contributed by atoms with Crippen LogP contribution in [-0.4, -0.2) is 41.7 Å². The number of aromatic nitrogens is 1. The van der Waals surface area contributed by atoms with Crippen LogP contribution in [0.25, 0.3) is 22.2 Å². The van der Waals surface area contributed by atoms with E-state index in [0.717, 1.165) is 59.5 Å². The normalized spacial score (nSPS) is 26.0. The maximum atomic E-state index is 13.5. The third kappa shape index (κ3) is 3.62. The summed E-state index contributed by atoms with van der Waals surface area (Å²) in [6.45, 7) is 7.04. The van der Waals surface area contributed by atoms with Gasteiger partial charge in [0, 0.05) is 30.0 Å². The molecule has 3 aliphatic rings. The summed E-state index contributed by atoms with van der Waals surface area (Å²) < 4.78 is 18.9. The lowest BCUT2D eigenvalue weighted by atomic mass is 9.69. The molecule has 0 aliphatic carbocycles. The number of aliphatic hydroxyl groups excluding tert-OH is 1. The van der Waals surface area contributed by atoms with Crippen molar-refractivity contribution in [3.8, 4) is 17.0 Å². The minimum absolute atomic E-state index is 0.128. The van der Waals surface area contributed by atoms with Crippen LogP contribution in [0.15, 0.2) is 61.2 Å². The van der Waals surface area contributed by atoms with E-state index in [4.69, 9.17) is 9.72 Å². The number of fused-ring (bicyclic) bond motifs is 4. The number of aliphatic hydroxyl groups is 1. The van der Waals surface area contributed by atoms with E-state index in [1.54, 1.807) is 19.2 Å². The number of pyridine rings is 1. The van der Waals surface area contributed by atoms with Crippen molar-refractivity contribution in [2.24, 2.45) is 17.8 Å². The first-order valence-electron chi connectivity index (χ1n) is 10.8. The molecule has 3 fully saturated rings. The number of rotatable bonds is 5. The number of halogens is 1. The summed E-state index contributed by atoms with van der Waals surface area (Å²) >= 11 is 0. The summed E-state index contributed by atoms with van der Waals surface area (Å²) in [6.07, 6.45) is 2.50. The molecule has 5 atom stereocenters. The van der Waals surface area contributed by atoms with Gasteiger partial charge >= 0.3 is 0 Å². The van der Waals surface area contributed by atoms with E-state index in [-0.39, 0.29) is 11.7 Å². The van der Waals surface area contributed by atoms with E-state index in [1.165, 1.54) is 12.1 Å². The highest BCUT2D eigenvalue weighted by molar-refractivity contribution is 5.87. The van der Waals surface area contributed by atoms with Crippen LogP contribution in [0.2, 0.25) is 0 Å². The third-order valence-electron chi connectivity index (χ3n) is 7.03. The summed E-state index contributed by atoms with van der Waals surface area (Å²) in [4.78, 5) is 7.24. The SMILES string of the molecule is C=C[C@H]1CN2CC[C@H]1[C@H]([C@@H](O)c1cc(-c3ccc(F)cc3)nc3ccc(OC)cc13)C2. The van der Waals surface area contributed by atoms with E-state index in [1.807, 2.05) is 30.3 Å². The van der Waals surface area contributed by atoms with Crippen LogP contribution < -0.4 is 4.74 Å². The van der Waals surface area contributed by atoms with Crippen molar-refractivity contribution in [3.63, 3.8) is 0 Å². The number of piperidine rings is 3. The van der Waals surface area contributed by atoms with Gasteiger partial charge in [-0.3, -0.25) is 0 Å². The van der Waals surface area contributed by atoms with Gasteiger partial charge in [-0.15, -0.1) is 6.58 Å². The van der Waals surface area contributed by atoms with Gasteiger partial charge < -0.3 is 14.7 Å². The molecule has 2 bridgehead atoms. The summed E-state index contributed by atoms with van der Waals surface area (Å²) in [5, 5.41) is 12.6. The molecule has 0 saturated carbocycles. The van der Waals surface area contributed by atoms with Crippen molar-refractivity contribution in [3.05, 3.63) is 72.6 Å². The van der Waals surface area contributed by atoms with Crippen LogP contribution in [0.3, 0.4) is 0 Å². The molecule has 3 aliphatic heterocycles. The Hall–Kier alpha value is -2.76. The van der Waals surface area contributed by atoms with Gasteiger partial charge in [-0.25, -0.2) is 9.37 Å². The molecular formula is C26H27FN2O2. The van der Waals surface area contributed by atoms with Crippen molar-refractivity contribution in [2.75, 3.05) is 26.7 Å². The monoisotopic (exact) mass is 418 g/mol. The molecule has 6 rings (SSSR count). The number of ether oxygens (including phenoxy) is 1. The van der Waals surface area contributed by atoms with Gasteiger partial charge in [-0.2, -0.15) is 0 Å². The lowest BCUT2D eigenvalue weighted by Gasteiger charge is -2.50. The molecular weight excluding hydrogens is 391 g/mol. The maximum Gasteiger partial charge on any atom is 0.123 e. The molecule has 1 aromatic heterocycles. The Kier molecular flexibility index (Phi) is 5.24. The molecule has 160 valence electrons. The highest BCUT2D eigenvalue weighted by Gasteiger charge is 2.43. The van der Waals surface area contributed by atoms with Crippen LogP contribution >= 0.6 is 0 Å². The van der Waals surface area contributed by atoms with Gasteiger partial charge in [0.1, 0.15) is 11.6 Å². The second-order valence-corrected chi connectivity index (χ2v) is 8.71. The molecule has 5 heteroatoms. The zero-order valence-electron chi connectivity index (χ0n) is 17.7. The Bertz CT molecular complexity index is 1110. The number of hydrogen-bond donors (Lipinski definition) is 1. The molecule has 3 aromatic rings. The van der Waals surface area contributed by atoms with Crippen molar-refractivity contribution >= 4 is 10.9 Å². The number of benzene rings is 2. The average molecular weight is 419 g/mol. The molecule has 2 aromatic carbocycles. The van der Waals surface area contributed by atoms with Crippen LogP contribution in [0.1, 0.15) is 18.1 Å². The average Bonchev–Trinajstić information content (AvgIpc) is 2.83. The number of methoxy groups -OCH3 is 1. The summed E-state index contributed by atoms with van der Waals surface area (Å²) in [7, 11) is 1.64. The highest BCUT2D eigenvalue weighted by Crippen LogP contribution is 2.45. The Morgan fingerprint density at radius 3 is 2.71 bits per heavy atom. The predicted octanol–water partition coefficient (Wildman–Crippen LogP) is 4.84. The fourth-order valence-corrected chi connectivity index (χ4v) is 5.39. The van der Waals surface area contributed by atoms with E-state index in [9.17, 15) is 9.50 Å². The molecule has 0 spiro atoms. The largest absolute Gasteiger partial charge is 0.497 e. The van der Waals surface area contributed by atoms with Gasteiger partial charge in [0.2, 0.25) is 0 Å². The number of nitrogens with zero attached hydrogens (tertiary/aromatic N) is 2. The van der Waals surface area contributed by atoms with Crippen LogP contribution in [0, 0.1) is 23.6 Å². The van der Waals surface area contributed by atoms with Crippen LogP contribution in [-0.2, 0) is 0 Å². The number of hydrogen-bond acceptors (Lipinski definition) is 4. The van der Waals surface area contributed by atoms with Gasteiger partial charge in [0.05, 0.1) is 24.4 Å².